The number of nitro benzene ring substituents is 1. The van der Waals surface area contributed by atoms with Crippen LogP contribution in [0.3, 0.4) is 0 Å². The number of halogens is 1. The van der Waals surface area contributed by atoms with E-state index in [4.69, 9.17) is 0 Å². The van der Waals surface area contributed by atoms with Crippen LogP contribution in [0.2, 0.25) is 0 Å². The first-order valence-corrected chi connectivity index (χ1v) is 6.28. The molecule has 2 atom stereocenters. The van der Waals surface area contributed by atoms with E-state index in [2.05, 4.69) is 15.9 Å². The maximum absolute atomic E-state index is 10.8. The van der Waals surface area contributed by atoms with Crippen LogP contribution in [0.4, 0.5) is 5.69 Å². The number of nitrogens with zero attached hydrogens (tertiary/aromatic N) is 2. The summed E-state index contributed by atoms with van der Waals surface area (Å²) in [6.45, 7) is 1.23. The van der Waals surface area contributed by atoms with Gasteiger partial charge in [0.1, 0.15) is 0 Å². The highest BCUT2D eigenvalue weighted by molar-refractivity contribution is 9.10. The fraction of sp³-hybridized carbons (Fsp3) is 0.455. The van der Waals surface area contributed by atoms with Gasteiger partial charge in [-0.15, -0.1) is 0 Å². The van der Waals surface area contributed by atoms with Crippen LogP contribution in [0.25, 0.3) is 0 Å². The summed E-state index contributed by atoms with van der Waals surface area (Å²) in [5.74, 6) is 0. The van der Waals surface area contributed by atoms with Gasteiger partial charge < -0.3 is 10.2 Å². The third-order valence-corrected chi connectivity index (χ3v) is 3.62. The lowest BCUT2D eigenvalue weighted by atomic mass is 10.2. The zero-order chi connectivity index (χ0) is 13.3. The van der Waals surface area contributed by atoms with E-state index < -0.39 is 17.1 Å². The highest BCUT2D eigenvalue weighted by Crippen LogP contribution is 2.26. The van der Waals surface area contributed by atoms with E-state index in [1.165, 1.54) is 6.07 Å². The molecule has 2 N–H and O–H groups in total. The summed E-state index contributed by atoms with van der Waals surface area (Å²) in [6, 6.07) is 4.92. The molecule has 1 heterocycles. The van der Waals surface area contributed by atoms with Crippen molar-refractivity contribution in [3.05, 3.63) is 38.3 Å². The van der Waals surface area contributed by atoms with Crippen molar-refractivity contribution in [2.24, 2.45) is 0 Å². The summed E-state index contributed by atoms with van der Waals surface area (Å²) in [6.07, 6.45) is -1.48. The third-order valence-electron chi connectivity index (χ3n) is 2.95. The van der Waals surface area contributed by atoms with Crippen molar-refractivity contribution in [2.75, 3.05) is 13.1 Å². The van der Waals surface area contributed by atoms with Crippen LogP contribution < -0.4 is 0 Å². The molecule has 98 valence electrons. The second-order valence-corrected chi connectivity index (χ2v) is 5.23. The van der Waals surface area contributed by atoms with Crippen molar-refractivity contribution < 1.29 is 15.1 Å². The van der Waals surface area contributed by atoms with E-state index in [1.807, 2.05) is 4.90 Å². The molecule has 7 heteroatoms. The molecule has 1 fully saturated rings. The smallest absolute Gasteiger partial charge is 0.283 e. The van der Waals surface area contributed by atoms with Crippen LogP contribution in [-0.4, -0.2) is 45.3 Å². The lowest BCUT2D eigenvalue weighted by molar-refractivity contribution is -0.385. The van der Waals surface area contributed by atoms with E-state index in [1.54, 1.807) is 12.1 Å². The summed E-state index contributed by atoms with van der Waals surface area (Å²) in [7, 11) is 0. The van der Waals surface area contributed by atoms with E-state index >= 15 is 0 Å². The summed E-state index contributed by atoms with van der Waals surface area (Å²) >= 11 is 3.13. The number of likely N-dealkylation sites (tertiary alicyclic amines) is 1. The molecule has 1 aromatic carbocycles. The zero-order valence-electron chi connectivity index (χ0n) is 9.49. The number of aliphatic hydroxyl groups is 2. The Labute approximate surface area is 112 Å². The van der Waals surface area contributed by atoms with Gasteiger partial charge in [-0.05, 0) is 27.6 Å². The average Bonchev–Trinajstić information content (AvgIpc) is 2.60. The van der Waals surface area contributed by atoms with Crippen LogP contribution >= 0.6 is 15.9 Å². The Morgan fingerprint density at radius 1 is 1.39 bits per heavy atom. The van der Waals surface area contributed by atoms with Crippen LogP contribution in [0.5, 0.6) is 0 Å². The maximum atomic E-state index is 10.8. The zero-order valence-corrected chi connectivity index (χ0v) is 11.1. The van der Waals surface area contributed by atoms with Gasteiger partial charge in [0.2, 0.25) is 0 Å². The number of nitro groups is 1. The normalized spacial score (nSPS) is 24.4. The Kier molecular flexibility index (Phi) is 3.96. The Bertz CT molecular complexity index is 458. The van der Waals surface area contributed by atoms with Gasteiger partial charge in [-0.3, -0.25) is 15.0 Å². The number of aliphatic hydroxyl groups excluding tert-OH is 2. The van der Waals surface area contributed by atoms with Gasteiger partial charge in [0.05, 0.1) is 21.6 Å². The molecule has 1 aliphatic rings. The summed E-state index contributed by atoms with van der Waals surface area (Å²) in [5.41, 5.74) is 0.805. The van der Waals surface area contributed by atoms with Gasteiger partial charge in [-0.2, -0.15) is 0 Å². The second-order valence-electron chi connectivity index (χ2n) is 4.37. The minimum Gasteiger partial charge on any atom is -0.389 e. The van der Waals surface area contributed by atoms with Gasteiger partial charge in [0, 0.05) is 25.7 Å². The lowest BCUT2D eigenvalue weighted by Crippen LogP contribution is -2.22. The van der Waals surface area contributed by atoms with E-state index in [9.17, 15) is 20.3 Å². The fourth-order valence-electron chi connectivity index (χ4n) is 2.03. The predicted molar refractivity (Wildman–Crippen MR) is 68.1 cm³/mol. The van der Waals surface area contributed by atoms with Crippen LogP contribution in [0, 0.1) is 10.1 Å². The largest absolute Gasteiger partial charge is 0.389 e. The Hall–Kier alpha value is -1.02. The Morgan fingerprint density at radius 2 is 2.00 bits per heavy atom. The van der Waals surface area contributed by atoms with Crippen molar-refractivity contribution in [1.29, 1.82) is 0 Å². The van der Waals surface area contributed by atoms with Gasteiger partial charge in [-0.25, -0.2) is 0 Å². The molecule has 2 rings (SSSR count). The molecule has 0 aliphatic carbocycles. The molecular weight excluding hydrogens is 304 g/mol. The Morgan fingerprint density at radius 3 is 2.56 bits per heavy atom. The quantitative estimate of drug-likeness (QED) is 0.639. The molecule has 0 spiro atoms. The molecule has 2 unspecified atom stereocenters. The Balaban J connectivity index is 2.11. The lowest BCUT2D eigenvalue weighted by Gasteiger charge is -2.14. The van der Waals surface area contributed by atoms with Crippen molar-refractivity contribution in [2.45, 2.75) is 18.8 Å². The highest BCUT2D eigenvalue weighted by Gasteiger charge is 2.29. The van der Waals surface area contributed by atoms with Crippen molar-refractivity contribution in [3.8, 4) is 0 Å². The summed E-state index contributed by atoms with van der Waals surface area (Å²) < 4.78 is 0.442. The fourth-order valence-corrected chi connectivity index (χ4v) is 2.42. The van der Waals surface area contributed by atoms with Gasteiger partial charge in [0.15, 0.2) is 0 Å². The predicted octanol–water partition coefficient (Wildman–Crippen LogP) is 0.895. The molecule has 1 aliphatic heterocycles. The SMILES string of the molecule is O=[N+]([O-])c1cc(CN2CC(O)C(O)C2)ccc1Br. The first-order valence-electron chi connectivity index (χ1n) is 5.48. The van der Waals surface area contributed by atoms with E-state index in [-0.39, 0.29) is 5.69 Å². The highest BCUT2D eigenvalue weighted by atomic mass is 79.9. The topological polar surface area (TPSA) is 86.8 Å². The second kappa shape index (κ2) is 5.31. The molecular formula is C11H13BrN2O4. The molecule has 0 saturated carbocycles. The average molecular weight is 317 g/mol. The molecule has 1 saturated heterocycles. The molecule has 1 aromatic rings. The number of hydrogen-bond acceptors (Lipinski definition) is 5. The number of rotatable bonds is 3. The van der Waals surface area contributed by atoms with Crippen LogP contribution in [0.15, 0.2) is 22.7 Å². The molecule has 18 heavy (non-hydrogen) atoms. The number of hydrogen-bond donors (Lipinski definition) is 2. The molecule has 6 nitrogen and oxygen atoms in total. The monoisotopic (exact) mass is 316 g/mol. The van der Waals surface area contributed by atoms with Gasteiger partial charge >= 0.3 is 0 Å². The van der Waals surface area contributed by atoms with Crippen molar-refractivity contribution >= 4 is 21.6 Å². The number of β-amino-alcohol motifs (C(OH)–C–C–N with tert-alkyl or cyclic N) is 2. The molecule has 0 amide bonds. The van der Waals surface area contributed by atoms with E-state index in [0.717, 1.165) is 5.56 Å². The molecule has 0 bridgehead atoms. The van der Waals surface area contributed by atoms with E-state index in [0.29, 0.717) is 24.1 Å². The van der Waals surface area contributed by atoms with Gasteiger partial charge in [0.25, 0.3) is 5.69 Å². The van der Waals surface area contributed by atoms with Crippen LogP contribution in [-0.2, 0) is 6.54 Å². The standard InChI is InChI=1S/C11H13BrN2O4/c12-8-2-1-7(3-9(8)14(17)18)4-13-5-10(15)11(16)6-13/h1-3,10-11,15-16H,4-6H2. The summed E-state index contributed by atoms with van der Waals surface area (Å²) in [5, 5.41) is 29.6. The minimum absolute atomic E-state index is 0.0211. The van der Waals surface area contributed by atoms with Crippen molar-refractivity contribution in [3.63, 3.8) is 0 Å². The first kappa shape index (κ1) is 13.4. The van der Waals surface area contributed by atoms with Crippen LogP contribution in [0.1, 0.15) is 5.56 Å². The number of benzene rings is 1. The third kappa shape index (κ3) is 2.86. The first-order chi connectivity index (χ1) is 8.47. The molecule has 0 radical (unpaired) electrons. The summed E-state index contributed by atoms with van der Waals surface area (Å²) in [4.78, 5) is 12.2. The van der Waals surface area contributed by atoms with Crippen molar-refractivity contribution in [1.82, 2.24) is 4.90 Å². The minimum atomic E-state index is -0.740. The maximum Gasteiger partial charge on any atom is 0.283 e. The molecule has 0 aromatic heterocycles. The van der Waals surface area contributed by atoms with Gasteiger partial charge in [-0.1, -0.05) is 6.07 Å².